The third-order valence-electron chi connectivity index (χ3n) is 6.61. The maximum atomic E-state index is 13.4. The van der Waals surface area contributed by atoms with Crippen LogP contribution < -0.4 is 0 Å². The van der Waals surface area contributed by atoms with Crippen LogP contribution in [0.4, 0.5) is 0 Å². The standard InChI is InChI=1S/C27H33N3O3/c1-4-33-27(32)22-12-14-29(15-13-22)18-26(31)30-25(21-8-6-5-7-9-21)17-24(28-30)23-11-10-19(2)16-20(23)3/h5-11,16,22,25H,4,12-15,17-18H2,1-3H3/t25-/m0/s1. The second-order valence-corrected chi connectivity index (χ2v) is 9.04. The molecule has 1 saturated heterocycles. The van der Waals surface area contributed by atoms with Crippen molar-refractivity contribution < 1.29 is 14.3 Å². The number of piperidine rings is 1. The molecular formula is C27H33N3O3. The van der Waals surface area contributed by atoms with Crippen molar-refractivity contribution in [3.63, 3.8) is 0 Å². The first-order chi connectivity index (χ1) is 16.0. The highest BCUT2D eigenvalue weighted by Gasteiger charge is 2.35. The number of esters is 1. The van der Waals surface area contributed by atoms with E-state index in [1.165, 1.54) is 11.1 Å². The van der Waals surface area contributed by atoms with Gasteiger partial charge < -0.3 is 4.74 Å². The van der Waals surface area contributed by atoms with Crippen LogP contribution in [0, 0.1) is 19.8 Å². The number of aryl methyl sites for hydroxylation is 2. The van der Waals surface area contributed by atoms with Crippen molar-refractivity contribution in [3.05, 3.63) is 70.8 Å². The SMILES string of the molecule is CCOC(=O)C1CCN(CC(=O)N2N=C(c3ccc(C)cc3C)C[C@H]2c2ccccc2)CC1. The Bertz CT molecular complexity index is 1030. The summed E-state index contributed by atoms with van der Waals surface area (Å²) in [7, 11) is 0. The van der Waals surface area contributed by atoms with Gasteiger partial charge in [0.1, 0.15) is 0 Å². The first-order valence-electron chi connectivity index (χ1n) is 11.9. The highest BCUT2D eigenvalue weighted by Crippen LogP contribution is 2.34. The minimum atomic E-state index is -0.116. The van der Waals surface area contributed by atoms with Gasteiger partial charge in [0.15, 0.2) is 0 Å². The van der Waals surface area contributed by atoms with Crippen molar-refractivity contribution in [3.8, 4) is 0 Å². The summed E-state index contributed by atoms with van der Waals surface area (Å²) < 4.78 is 5.16. The molecule has 2 aromatic carbocycles. The lowest BCUT2D eigenvalue weighted by Crippen LogP contribution is -2.43. The average molecular weight is 448 g/mol. The monoisotopic (exact) mass is 447 g/mol. The van der Waals surface area contributed by atoms with Gasteiger partial charge in [-0.05, 0) is 57.8 Å². The Hall–Kier alpha value is -2.99. The van der Waals surface area contributed by atoms with Crippen molar-refractivity contribution in [1.82, 2.24) is 9.91 Å². The van der Waals surface area contributed by atoms with Gasteiger partial charge in [0.25, 0.3) is 5.91 Å². The number of carbonyl (C=O) groups is 2. The van der Waals surface area contributed by atoms with Gasteiger partial charge >= 0.3 is 5.97 Å². The number of likely N-dealkylation sites (tertiary alicyclic amines) is 1. The maximum Gasteiger partial charge on any atom is 0.309 e. The highest BCUT2D eigenvalue weighted by molar-refractivity contribution is 6.04. The Balaban J connectivity index is 1.49. The van der Waals surface area contributed by atoms with Crippen molar-refractivity contribution in [1.29, 1.82) is 0 Å². The molecule has 0 radical (unpaired) electrons. The lowest BCUT2D eigenvalue weighted by Gasteiger charge is -2.31. The van der Waals surface area contributed by atoms with Crippen LogP contribution in [0.5, 0.6) is 0 Å². The number of hydrogen-bond donors (Lipinski definition) is 0. The molecule has 0 N–H and O–H groups in total. The van der Waals surface area contributed by atoms with Crippen molar-refractivity contribution in [2.75, 3.05) is 26.2 Å². The van der Waals surface area contributed by atoms with Crippen molar-refractivity contribution in [2.45, 2.75) is 46.1 Å². The normalized spacial score (nSPS) is 19.4. The Morgan fingerprint density at radius 3 is 2.45 bits per heavy atom. The van der Waals surface area contributed by atoms with E-state index in [2.05, 4.69) is 49.1 Å². The molecular weight excluding hydrogens is 414 g/mol. The van der Waals surface area contributed by atoms with Gasteiger partial charge in [0.05, 0.1) is 30.8 Å². The predicted octanol–water partition coefficient (Wildman–Crippen LogP) is 4.26. The summed E-state index contributed by atoms with van der Waals surface area (Å²) in [5.74, 6) is -0.178. The maximum absolute atomic E-state index is 13.4. The van der Waals surface area contributed by atoms with Gasteiger partial charge in [-0.1, -0.05) is 54.1 Å². The number of benzene rings is 2. The predicted molar refractivity (Wildman–Crippen MR) is 129 cm³/mol. The molecule has 0 unspecified atom stereocenters. The molecule has 0 aromatic heterocycles. The van der Waals surface area contributed by atoms with E-state index in [1.54, 1.807) is 5.01 Å². The Morgan fingerprint density at radius 1 is 1.06 bits per heavy atom. The minimum absolute atomic E-state index is 0.00166. The quantitative estimate of drug-likeness (QED) is 0.621. The molecule has 2 aliphatic heterocycles. The van der Waals surface area contributed by atoms with Crippen LogP contribution in [0.15, 0.2) is 53.6 Å². The molecule has 33 heavy (non-hydrogen) atoms. The Kier molecular flexibility index (Phi) is 7.23. The van der Waals surface area contributed by atoms with E-state index in [0.29, 0.717) is 32.7 Å². The van der Waals surface area contributed by atoms with E-state index in [4.69, 9.17) is 9.84 Å². The van der Waals surface area contributed by atoms with E-state index in [-0.39, 0.29) is 23.8 Å². The van der Waals surface area contributed by atoms with Crippen LogP contribution in [-0.2, 0) is 14.3 Å². The summed E-state index contributed by atoms with van der Waals surface area (Å²) in [5.41, 5.74) is 5.54. The molecule has 1 atom stereocenters. The fourth-order valence-electron chi connectivity index (χ4n) is 4.83. The molecule has 2 aromatic rings. The first-order valence-corrected chi connectivity index (χ1v) is 11.9. The summed E-state index contributed by atoms with van der Waals surface area (Å²) in [4.78, 5) is 27.6. The zero-order valence-electron chi connectivity index (χ0n) is 19.8. The van der Waals surface area contributed by atoms with E-state index in [1.807, 2.05) is 25.1 Å². The molecule has 1 amide bonds. The van der Waals surface area contributed by atoms with Gasteiger partial charge in [-0.3, -0.25) is 14.5 Å². The molecule has 2 heterocycles. The smallest absolute Gasteiger partial charge is 0.309 e. The van der Waals surface area contributed by atoms with Gasteiger partial charge in [-0.15, -0.1) is 0 Å². The zero-order valence-corrected chi connectivity index (χ0v) is 19.8. The van der Waals surface area contributed by atoms with Gasteiger partial charge in [0.2, 0.25) is 0 Å². The molecule has 174 valence electrons. The Labute approximate surface area is 196 Å². The molecule has 0 bridgehead atoms. The van der Waals surface area contributed by atoms with Crippen LogP contribution >= 0.6 is 0 Å². The number of hydrazone groups is 1. The topological polar surface area (TPSA) is 62.2 Å². The number of ether oxygens (including phenoxy) is 1. The number of amides is 1. The van der Waals surface area contributed by atoms with Crippen LogP contribution in [0.2, 0.25) is 0 Å². The van der Waals surface area contributed by atoms with Gasteiger partial charge in [0, 0.05) is 12.0 Å². The lowest BCUT2D eigenvalue weighted by molar-refractivity contribution is -0.149. The first kappa shape index (κ1) is 23.2. The summed E-state index contributed by atoms with van der Waals surface area (Å²) in [6.07, 6.45) is 2.15. The molecule has 6 nitrogen and oxygen atoms in total. The summed E-state index contributed by atoms with van der Waals surface area (Å²) in [5, 5.41) is 6.52. The zero-order chi connectivity index (χ0) is 23.4. The number of nitrogens with zero attached hydrogens (tertiary/aromatic N) is 3. The van der Waals surface area contributed by atoms with Gasteiger partial charge in [-0.2, -0.15) is 5.10 Å². The second-order valence-electron chi connectivity index (χ2n) is 9.04. The molecule has 1 fully saturated rings. The number of rotatable bonds is 6. The summed E-state index contributed by atoms with van der Waals surface area (Å²) >= 11 is 0. The summed E-state index contributed by atoms with van der Waals surface area (Å²) in [6, 6.07) is 16.4. The third-order valence-corrected chi connectivity index (χ3v) is 6.61. The van der Waals surface area contributed by atoms with E-state index in [9.17, 15) is 9.59 Å². The lowest BCUT2D eigenvalue weighted by atomic mass is 9.95. The average Bonchev–Trinajstić information content (AvgIpc) is 3.26. The molecule has 0 saturated carbocycles. The second kappa shape index (κ2) is 10.3. The minimum Gasteiger partial charge on any atom is -0.466 e. The van der Waals surface area contributed by atoms with Crippen LogP contribution in [0.3, 0.4) is 0 Å². The van der Waals surface area contributed by atoms with Crippen molar-refractivity contribution in [2.24, 2.45) is 11.0 Å². The highest BCUT2D eigenvalue weighted by atomic mass is 16.5. The molecule has 6 heteroatoms. The van der Waals surface area contributed by atoms with E-state index in [0.717, 1.165) is 29.7 Å². The molecule has 0 aliphatic carbocycles. The molecule has 2 aliphatic rings. The van der Waals surface area contributed by atoms with Crippen molar-refractivity contribution >= 4 is 17.6 Å². The Morgan fingerprint density at radius 2 is 1.79 bits per heavy atom. The van der Waals surface area contributed by atoms with Crippen LogP contribution in [-0.4, -0.2) is 53.7 Å². The number of carbonyl (C=O) groups excluding carboxylic acids is 2. The third kappa shape index (κ3) is 5.33. The van der Waals surface area contributed by atoms with E-state index >= 15 is 0 Å². The summed E-state index contributed by atoms with van der Waals surface area (Å²) in [6.45, 7) is 8.16. The number of hydrogen-bond acceptors (Lipinski definition) is 5. The fraction of sp³-hybridized carbons (Fsp3) is 0.444. The largest absolute Gasteiger partial charge is 0.466 e. The van der Waals surface area contributed by atoms with Gasteiger partial charge in [-0.25, -0.2) is 5.01 Å². The molecule has 0 spiro atoms. The van der Waals surface area contributed by atoms with Crippen LogP contribution in [0.1, 0.15) is 54.5 Å². The molecule has 4 rings (SSSR count). The van der Waals surface area contributed by atoms with Crippen LogP contribution in [0.25, 0.3) is 0 Å². The van der Waals surface area contributed by atoms with E-state index < -0.39 is 0 Å². The fourth-order valence-corrected chi connectivity index (χ4v) is 4.83.